The van der Waals surface area contributed by atoms with Crippen molar-refractivity contribution in [3.63, 3.8) is 0 Å². The molecule has 3 unspecified atom stereocenters. The summed E-state index contributed by atoms with van der Waals surface area (Å²) in [6.07, 6.45) is 17.4. The molecule has 0 fully saturated rings. The summed E-state index contributed by atoms with van der Waals surface area (Å²) in [6.45, 7) is 3.23. The Labute approximate surface area is 292 Å². The first-order valence-electron chi connectivity index (χ1n) is 14.2. The Kier molecular flexibility index (Phi) is 30.5. The number of hydrogen-bond donors (Lipinski definition) is 0. The number of ether oxygens (including phenoxy) is 3. The molecule has 0 amide bonds. The normalized spacial score (nSPS) is 13.8. The number of rotatable bonds is 25. The Morgan fingerprint density at radius 1 is 0.610 bits per heavy atom. The molecular weight excluding hydrogens is 598 g/mol. The maximum atomic E-state index is 12.0. The van der Waals surface area contributed by atoms with E-state index < -0.39 is 55.6 Å². The molecule has 15 heteroatoms. The van der Waals surface area contributed by atoms with E-state index in [1.807, 2.05) is 0 Å². The van der Waals surface area contributed by atoms with Crippen LogP contribution in [-0.4, -0.2) is 67.9 Å². The fourth-order valence-electron chi connectivity index (χ4n) is 3.71. The first kappa shape index (κ1) is 46.1. The molecule has 41 heavy (non-hydrogen) atoms. The van der Waals surface area contributed by atoms with Gasteiger partial charge in [-0.15, -0.1) is 0 Å². The predicted octanol–water partition coefficient (Wildman–Crippen LogP) is -1.45. The minimum absolute atomic E-state index is 0. The second-order valence-corrected chi connectivity index (χ2v) is 13.3. The van der Waals surface area contributed by atoms with Crippen LogP contribution in [0.5, 0.6) is 0 Å². The van der Waals surface area contributed by atoms with Crippen LogP contribution in [0.15, 0.2) is 0 Å². The van der Waals surface area contributed by atoms with E-state index in [9.17, 15) is 35.5 Å². The van der Waals surface area contributed by atoms with Crippen molar-refractivity contribution in [1.82, 2.24) is 0 Å². The Hall–Kier alpha value is 0.720. The second-order valence-electron chi connectivity index (χ2n) is 9.94. The van der Waals surface area contributed by atoms with Crippen molar-refractivity contribution in [3.05, 3.63) is 0 Å². The van der Waals surface area contributed by atoms with Crippen molar-refractivity contribution in [2.75, 3.05) is 13.2 Å². The number of hydrogen-bond acceptors (Lipinski definition) is 11. The van der Waals surface area contributed by atoms with Gasteiger partial charge in [0.05, 0.1) is 6.61 Å². The van der Waals surface area contributed by atoms with E-state index in [-0.39, 0.29) is 65.7 Å². The van der Waals surface area contributed by atoms with Gasteiger partial charge >= 0.3 is 71.1 Å². The van der Waals surface area contributed by atoms with Crippen molar-refractivity contribution < 1.29 is 109 Å². The average molecular weight is 647 g/mol. The molecule has 0 aromatic heterocycles. The largest absolute Gasteiger partial charge is 1.00 e. The summed E-state index contributed by atoms with van der Waals surface area (Å²) in [6, 6.07) is 0. The van der Waals surface area contributed by atoms with E-state index >= 15 is 0 Å². The van der Waals surface area contributed by atoms with Crippen LogP contribution in [0, 0.1) is 0 Å². The van der Waals surface area contributed by atoms with Crippen LogP contribution < -0.4 is 59.1 Å². The minimum atomic E-state index is -4.97. The smallest absolute Gasteiger partial charge is 0.747 e. The summed E-state index contributed by atoms with van der Waals surface area (Å²) in [5.74, 6) is -2.77. The Balaban J connectivity index is -0.00000722. The average Bonchev–Trinajstić information content (AvgIpc) is 2.86. The van der Waals surface area contributed by atoms with E-state index in [2.05, 4.69) is 6.92 Å². The molecule has 0 N–H and O–H groups in total. The van der Waals surface area contributed by atoms with Gasteiger partial charge in [-0.25, -0.2) is 16.8 Å². The zero-order chi connectivity index (χ0) is 29.7. The quantitative estimate of drug-likeness (QED) is 0.0373. The molecule has 0 saturated heterocycles. The summed E-state index contributed by atoms with van der Waals surface area (Å²) in [5, 5.41) is -4.01. The molecule has 0 aromatic rings. The van der Waals surface area contributed by atoms with Crippen molar-refractivity contribution in [1.29, 1.82) is 0 Å². The maximum Gasteiger partial charge on any atom is 1.00 e. The molecule has 11 nitrogen and oxygen atoms in total. The third-order valence-corrected chi connectivity index (χ3v) is 8.56. The Morgan fingerprint density at radius 3 is 1.32 bits per heavy atom. The molecule has 0 spiro atoms. The van der Waals surface area contributed by atoms with Crippen LogP contribution in [0.25, 0.3) is 0 Å². The number of carbonyl (C=O) groups is 2. The minimum Gasteiger partial charge on any atom is -0.747 e. The van der Waals surface area contributed by atoms with Gasteiger partial charge in [0, 0.05) is 0 Å². The van der Waals surface area contributed by atoms with Crippen LogP contribution in [0.2, 0.25) is 0 Å². The standard InChI is InChI=1S/C26H50O11S2.2Na/c1-4-5-6-7-8-9-10-11-12-13-14-15-16-17-18-19-20-35-24(37-26(28)23(3)39(32,33)34)21-36-25(27)22(2)38(29,30)31;;/h22-24H,4-21H2,1-3H3,(H,29,30,31)(H,32,33,34);;/q;2*+1/p-2. The summed E-state index contributed by atoms with van der Waals surface area (Å²) in [5.41, 5.74) is 0. The maximum absolute atomic E-state index is 12.0. The topological polar surface area (TPSA) is 176 Å². The Morgan fingerprint density at radius 2 is 0.951 bits per heavy atom. The van der Waals surface area contributed by atoms with Gasteiger partial charge in [0.2, 0.25) is 6.29 Å². The molecule has 0 rings (SSSR count). The fourth-order valence-corrected chi connectivity index (χ4v) is 4.30. The summed E-state index contributed by atoms with van der Waals surface area (Å²) >= 11 is 0. The van der Waals surface area contributed by atoms with E-state index in [1.54, 1.807) is 0 Å². The van der Waals surface area contributed by atoms with Gasteiger partial charge in [-0.05, 0) is 20.3 Å². The molecule has 0 aromatic carbocycles. The number of unbranched alkanes of at least 4 members (excludes halogenated alkanes) is 15. The van der Waals surface area contributed by atoms with Crippen LogP contribution in [0.3, 0.4) is 0 Å². The molecule has 0 radical (unpaired) electrons. The molecule has 0 saturated carbocycles. The molecule has 0 aliphatic rings. The van der Waals surface area contributed by atoms with Crippen LogP contribution >= 0.6 is 0 Å². The van der Waals surface area contributed by atoms with Crippen molar-refractivity contribution in [3.8, 4) is 0 Å². The zero-order valence-corrected chi connectivity index (χ0v) is 31.4. The van der Waals surface area contributed by atoms with Gasteiger partial charge in [-0.3, -0.25) is 9.59 Å². The first-order valence-corrected chi connectivity index (χ1v) is 17.1. The van der Waals surface area contributed by atoms with Gasteiger partial charge in [0.25, 0.3) is 0 Å². The van der Waals surface area contributed by atoms with Crippen molar-refractivity contribution in [2.24, 2.45) is 0 Å². The first-order chi connectivity index (χ1) is 18.3. The van der Waals surface area contributed by atoms with Crippen LogP contribution in [0.4, 0.5) is 0 Å². The van der Waals surface area contributed by atoms with Crippen LogP contribution in [-0.2, 0) is 44.0 Å². The van der Waals surface area contributed by atoms with E-state index in [0.29, 0.717) is 6.42 Å². The Bertz CT molecular complexity index is 884. The van der Waals surface area contributed by atoms with Gasteiger partial charge in [-0.2, -0.15) is 0 Å². The SMILES string of the molecule is CCCCCCCCCCCCCCCCCCOC(COC(=O)C(C)S(=O)(=O)[O-])OC(=O)C(C)S(=O)(=O)[O-].[Na+].[Na+]. The van der Waals surface area contributed by atoms with Gasteiger partial charge in [-0.1, -0.05) is 103 Å². The third kappa shape index (κ3) is 25.7. The van der Waals surface area contributed by atoms with Gasteiger partial charge in [0.1, 0.15) is 30.7 Å². The zero-order valence-electron chi connectivity index (χ0n) is 25.8. The summed E-state index contributed by atoms with van der Waals surface area (Å²) in [7, 11) is -9.92. The molecule has 0 aliphatic carbocycles. The molecule has 0 aliphatic heterocycles. The molecule has 0 heterocycles. The number of esters is 2. The summed E-state index contributed by atoms with van der Waals surface area (Å²) in [4.78, 5) is 23.7. The summed E-state index contributed by atoms with van der Waals surface area (Å²) < 4.78 is 81.0. The second kappa shape index (κ2) is 27.1. The fraction of sp³-hybridized carbons (Fsp3) is 0.923. The third-order valence-electron chi connectivity index (χ3n) is 6.44. The van der Waals surface area contributed by atoms with E-state index in [4.69, 9.17) is 14.2 Å². The predicted molar refractivity (Wildman–Crippen MR) is 145 cm³/mol. The van der Waals surface area contributed by atoms with Crippen LogP contribution in [0.1, 0.15) is 124 Å². The molecular formula is C26H48Na2O11S2. The van der Waals surface area contributed by atoms with E-state index in [1.165, 1.54) is 70.6 Å². The van der Waals surface area contributed by atoms with Crippen molar-refractivity contribution in [2.45, 2.75) is 140 Å². The molecule has 3 atom stereocenters. The van der Waals surface area contributed by atoms with Crippen molar-refractivity contribution >= 4 is 32.2 Å². The molecule has 0 bridgehead atoms. The van der Waals surface area contributed by atoms with Gasteiger partial charge in [0.15, 0.2) is 6.61 Å². The number of carbonyl (C=O) groups excluding carboxylic acids is 2. The monoisotopic (exact) mass is 646 g/mol. The molecule has 232 valence electrons. The van der Waals surface area contributed by atoms with Gasteiger partial charge < -0.3 is 23.3 Å². The van der Waals surface area contributed by atoms with E-state index in [0.717, 1.165) is 39.5 Å².